The van der Waals surface area contributed by atoms with Crippen molar-refractivity contribution < 1.29 is 0 Å². The molecule has 2 aliphatic rings. The largest absolute Gasteiger partial charge is 0.293 e. The third kappa shape index (κ3) is 1.11. The highest BCUT2D eigenvalue weighted by Crippen LogP contribution is 2.58. The molecule has 1 saturated heterocycles. The highest BCUT2D eigenvalue weighted by Gasteiger charge is 2.59. The van der Waals surface area contributed by atoms with Gasteiger partial charge in [-0.2, -0.15) is 0 Å². The van der Waals surface area contributed by atoms with Crippen LogP contribution in [0.5, 0.6) is 0 Å². The van der Waals surface area contributed by atoms with E-state index in [9.17, 15) is 0 Å². The molecule has 0 radical (unpaired) electrons. The van der Waals surface area contributed by atoms with Gasteiger partial charge in [0, 0.05) is 18.6 Å². The summed E-state index contributed by atoms with van der Waals surface area (Å²) in [5, 5.41) is 0. The van der Waals surface area contributed by atoms with Gasteiger partial charge in [-0.15, -0.1) is 0 Å². The number of allylic oxidation sites excluding steroid dienone is 1. The number of nitrogens with zero attached hydrogens (tertiary/aromatic N) is 1. The van der Waals surface area contributed by atoms with Crippen LogP contribution in [0.15, 0.2) is 12.2 Å². The van der Waals surface area contributed by atoms with Gasteiger partial charge in [0.05, 0.1) is 0 Å². The second-order valence-corrected chi connectivity index (χ2v) is 5.71. The second-order valence-electron chi connectivity index (χ2n) is 5.71. The molecular weight excluding hydrogens is 170 g/mol. The summed E-state index contributed by atoms with van der Waals surface area (Å²) >= 11 is 0. The smallest absolute Gasteiger partial charge is 0.0239 e. The lowest BCUT2D eigenvalue weighted by atomic mass is 9.75. The Bertz CT molecular complexity index is 254. The van der Waals surface area contributed by atoms with E-state index < -0.39 is 0 Å². The third-order valence-electron chi connectivity index (χ3n) is 5.09. The maximum absolute atomic E-state index is 2.68. The zero-order valence-corrected chi connectivity index (χ0v) is 10.0. The van der Waals surface area contributed by atoms with Gasteiger partial charge in [0.25, 0.3) is 0 Å². The van der Waals surface area contributed by atoms with Gasteiger partial charge in [-0.1, -0.05) is 26.0 Å². The highest BCUT2D eigenvalue weighted by molar-refractivity contribution is 5.14. The Hall–Kier alpha value is -0.300. The van der Waals surface area contributed by atoms with Crippen LogP contribution in [0.1, 0.15) is 40.5 Å². The van der Waals surface area contributed by atoms with Crippen molar-refractivity contribution in [2.24, 2.45) is 11.3 Å². The quantitative estimate of drug-likeness (QED) is 0.609. The first-order valence-electron chi connectivity index (χ1n) is 5.88. The maximum Gasteiger partial charge on any atom is 0.0239 e. The van der Waals surface area contributed by atoms with Crippen molar-refractivity contribution in [1.82, 2.24) is 4.90 Å². The van der Waals surface area contributed by atoms with Crippen molar-refractivity contribution in [3.8, 4) is 0 Å². The van der Waals surface area contributed by atoms with Crippen molar-refractivity contribution >= 4 is 0 Å². The third-order valence-corrected chi connectivity index (χ3v) is 5.09. The Labute approximate surface area is 88.2 Å². The predicted octanol–water partition coefficient (Wildman–Crippen LogP) is 3.07. The Balaban J connectivity index is 2.18. The fourth-order valence-electron chi connectivity index (χ4n) is 3.44. The first kappa shape index (κ1) is 10.2. The molecule has 0 amide bonds. The molecule has 2 fully saturated rings. The van der Waals surface area contributed by atoms with Gasteiger partial charge in [0.1, 0.15) is 0 Å². The number of hydrogen-bond acceptors (Lipinski definition) is 1. The summed E-state index contributed by atoms with van der Waals surface area (Å²) < 4.78 is 0. The van der Waals surface area contributed by atoms with Crippen LogP contribution < -0.4 is 0 Å². The first-order valence-corrected chi connectivity index (χ1v) is 5.88. The molecule has 0 aromatic carbocycles. The summed E-state index contributed by atoms with van der Waals surface area (Å²) in [6.45, 7) is 12.0. The number of piperidine rings is 1. The number of fused-ring (bicyclic) bond motifs is 2. The summed E-state index contributed by atoms with van der Waals surface area (Å²) in [6.07, 6.45) is 7.29. The molecule has 1 aliphatic carbocycles. The molecule has 1 saturated carbocycles. The molecule has 14 heavy (non-hydrogen) atoms. The topological polar surface area (TPSA) is 3.24 Å². The van der Waals surface area contributed by atoms with Crippen molar-refractivity contribution in [2.45, 2.75) is 46.1 Å². The van der Waals surface area contributed by atoms with Crippen LogP contribution in [0.2, 0.25) is 0 Å². The molecule has 0 aromatic heterocycles. The van der Waals surface area contributed by atoms with E-state index in [0.29, 0.717) is 11.0 Å². The fraction of sp³-hybridized carbons (Fsp3) is 0.846. The van der Waals surface area contributed by atoms with E-state index in [4.69, 9.17) is 0 Å². The molecule has 0 aromatic rings. The molecule has 80 valence electrons. The molecule has 1 aliphatic heterocycles. The SMILES string of the molecule is C/C=C\CN1CC2CCC1(C)C2(C)C. The van der Waals surface area contributed by atoms with Crippen LogP contribution in [0.25, 0.3) is 0 Å². The van der Waals surface area contributed by atoms with E-state index in [-0.39, 0.29) is 0 Å². The Morgan fingerprint density at radius 1 is 1.36 bits per heavy atom. The predicted molar refractivity (Wildman–Crippen MR) is 61.3 cm³/mol. The molecule has 2 unspecified atom stereocenters. The minimum absolute atomic E-state index is 0.456. The van der Waals surface area contributed by atoms with Gasteiger partial charge in [-0.05, 0) is 38.0 Å². The van der Waals surface area contributed by atoms with Crippen LogP contribution in [0.4, 0.5) is 0 Å². The van der Waals surface area contributed by atoms with Gasteiger partial charge >= 0.3 is 0 Å². The van der Waals surface area contributed by atoms with Crippen molar-refractivity contribution in [3.05, 3.63) is 12.2 Å². The second kappa shape index (κ2) is 3.10. The van der Waals surface area contributed by atoms with E-state index in [0.717, 1.165) is 12.5 Å². The van der Waals surface area contributed by atoms with Crippen molar-refractivity contribution in [3.63, 3.8) is 0 Å². The van der Waals surface area contributed by atoms with Crippen LogP contribution in [0, 0.1) is 11.3 Å². The molecule has 0 N–H and O–H groups in total. The Morgan fingerprint density at radius 3 is 2.50 bits per heavy atom. The van der Waals surface area contributed by atoms with Crippen molar-refractivity contribution in [1.29, 1.82) is 0 Å². The first-order chi connectivity index (χ1) is 6.52. The van der Waals surface area contributed by atoms with Gasteiger partial charge in [0.2, 0.25) is 0 Å². The van der Waals surface area contributed by atoms with Crippen molar-refractivity contribution in [2.75, 3.05) is 13.1 Å². The van der Waals surface area contributed by atoms with Gasteiger partial charge in [-0.3, -0.25) is 4.90 Å². The summed E-state index contributed by atoms with van der Waals surface area (Å²) in [4.78, 5) is 2.68. The van der Waals surface area contributed by atoms with E-state index in [2.05, 4.69) is 44.7 Å². The summed E-state index contributed by atoms with van der Waals surface area (Å²) in [6, 6.07) is 0. The summed E-state index contributed by atoms with van der Waals surface area (Å²) in [7, 11) is 0. The lowest BCUT2D eigenvalue weighted by Gasteiger charge is -2.41. The normalized spacial score (nSPS) is 41.3. The number of rotatable bonds is 2. The van der Waals surface area contributed by atoms with E-state index in [1.54, 1.807) is 0 Å². The molecule has 2 bridgehead atoms. The van der Waals surface area contributed by atoms with Gasteiger partial charge in [0.15, 0.2) is 0 Å². The lowest BCUT2D eigenvalue weighted by Crippen LogP contribution is -2.47. The monoisotopic (exact) mass is 193 g/mol. The summed E-state index contributed by atoms with van der Waals surface area (Å²) in [5.41, 5.74) is 0.978. The fourth-order valence-corrected chi connectivity index (χ4v) is 3.44. The summed E-state index contributed by atoms with van der Waals surface area (Å²) in [5.74, 6) is 0.928. The zero-order valence-electron chi connectivity index (χ0n) is 10.0. The number of hydrogen-bond donors (Lipinski definition) is 0. The molecule has 1 heteroatoms. The molecule has 1 nitrogen and oxygen atoms in total. The minimum atomic E-state index is 0.456. The zero-order chi connectivity index (χ0) is 10.4. The average Bonchev–Trinajstić information content (AvgIpc) is 2.46. The van der Waals surface area contributed by atoms with Crippen LogP contribution in [0.3, 0.4) is 0 Å². The van der Waals surface area contributed by atoms with E-state index in [1.807, 2.05) is 0 Å². The molecule has 1 heterocycles. The standard InChI is InChI=1S/C13H23N/c1-5-6-9-14-10-11-7-8-13(14,4)12(11,2)3/h5-6,11H,7-10H2,1-4H3/b6-5-. The Morgan fingerprint density at radius 2 is 2.07 bits per heavy atom. The van der Waals surface area contributed by atoms with Crippen LogP contribution in [-0.4, -0.2) is 23.5 Å². The number of likely N-dealkylation sites (tertiary alicyclic amines) is 1. The van der Waals surface area contributed by atoms with Gasteiger partial charge < -0.3 is 0 Å². The van der Waals surface area contributed by atoms with E-state index in [1.165, 1.54) is 19.4 Å². The van der Waals surface area contributed by atoms with Gasteiger partial charge in [-0.25, -0.2) is 0 Å². The molecular formula is C13H23N. The molecule has 2 atom stereocenters. The molecule has 0 spiro atoms. The Kier molecular flexibility index (Phi) is 2.26. The highest BCUT2D eigenvalue weighted by atomic mass is 15.3. The maximum atomic E-state index is 2.68. The molecule has 2 rings (SSSR count). The average molecular weight is 193 g/mol. The minimum Gasteiger partial charge on any atom is -0.293 e. The van der Waals surface area contributed by atoms with E-state index >= 15 is 0 Å². The lowest BCUT2D eigenvalue weighted by molar-refractivity contribution is 0.0933. The van der Waals surface area contributed by atoms with Crippen LogP contribution >= 0.6 is 0 Å². The van der Waals surface area contributed by atoms with Crippen LogP contribution in [-0.2, 0) is 0 Å².